The van der Waals surface area contributed by atoms with Gasteiger partial charge in [0.25, 0.3) is 0 Å². The Morgan fingerprint density at radius 3 is 2.90 bits per heavy atom. The molecule has 2 rings (SSSR count). The third-order valence-corrected chi connectivity index (χ3v) is 4.04. The number of amides is 1. The zero-order valence-corrected chi connectivity index (χ0v) is 13.3. The van der Waals surface area contributed by atoms with Crippen molar-refractivity contribution in [2.45, 2.75) is 58.2 Å². The van der Waals surface area contributed by atoms with Crippen LogP contribution in [0.1, 0.15) is 51.6 Å². The maximum absolute atomic E-state index is 11.1. The van der Waals surface area contributed by atoms with Crippen LogP contribution in [0.4, 0.5) is 5.69 Å². The highest BCUT2D eigenvalue weighted by Gasteiger charge is 2.18. The topological polar surface area (TPSA) is 53.2 Å². The van der Waals surface area contributed by atoms with Crippen molar-refractivity contribution in [3.63, 3.8) is 0 Å². The van der Waals surface area contributed by atoms with Gasteiger partial charge in [0.2, 0.25) is 5.91 Å². The van der Waals surface area contributed by atoms with Gasteiger partial charge in [-0.05, 0) is 57.4 Å². The molecule has 3 atom stereocenters. The van der Waals surface area contributed by atoms with E-state index in [0.717, 1.165) is 18.7 Å². The molecule has 0 bridgehead atoms. The lowest BCUT2D eigenvalue weighted by Gasteiger charge is -2.23. The molecule has 0 saturated carbocycles. The van der Waals surface area contributed by atoms with Gasteiger partial charge in [-0.2, -0.15) is 0 Å². The summed E-state index contributed by atoms with van der Waals surface area (Å²) >= 11 is 0. The third kappa shape index (κ3) is 5.14. The van der Waals surface area contributed by atoms with Crippen molar-refractivity contribution in [1.82, 2.24) is 10.6 Å². The average molecular weight is 289 g/mol. The van der Waals surface area contributed by atoms with Crippen LogP contribution in [0, 0.1) is 0 Å². The zero-order chi connectivity index (χ0) is 15.2. The number of rotatable bonds is 6. The van der Waals surface area contributed by atoms with Crippen molar-refractivity contribution >= 4 is 11.6 Å². The quantitative estimate of drug-likeness (QED) is 0.755. The maximum Gasteiger partial charge on any atom is 0.221 e. The van der Waals surface area contributed by atoms with E-state index in [4.69, 9.17) is 0 Å². The lowest BCUT2D eigenvalue weighted by Crippen LogP contribution is -2.35. The number of hydrogen-bond donors (Lipinski definition) is 3. The second-order valence-corrected chi connectivity index (χ2v) is 6.13. The molecule has 1 saturated heterocycles. The number of hydrogen-bond acceptors (Lipinski definition) is 3. The normalized spacial score (nSPS) is 21.0. The van der Waals surface area contributed by atoms with Crippen molar-refractivity contribution < 1.29 is 4.79 Å². The number of benzene rings is 1. The fourth-order valence-electron chi connectivity index (χ4n) is 3.06. The monoisotopic (exact) mass is 289 g/mol. The minimum atomic E-state index is -0.0339. The lowest BCUT2D eigenvalue weighted by molar-refractivity contribution is -0.114. The molecule has 1 amide bonds. The van der Waals surface area contributed by atoms with Gasteiger partial charge in [-0.15, -0.1) is 0 Å². The summed E-state index contributed by atoms with van der Waals surface area (Å²) in [4.78, 5) is 11.1. The molecule has 21 heavy (non-hydrogen) atoms. The number of carbonyl (C=O) groups is 1. The second-order valence-electron chi connectivity index (χ2n) is 6.13. The van der Waals surface area contributed by atoms with Crippen molar-refractivity contribution in [3.05, 3.63) is 29.8 Å². The Kier molecular flexibility index (Phi) is 5.76. The number of nitrogens with one attached hydrogen (secondary N) is 3. The molecule has 4 heteroatoms. The number of carbonyl (C=O) groups excluding carboxylic acids is 1. The van der Waals surface area contributed by atoms with Gasteiger partial charge in [0.05, 0.1) is 0 Å². The van der Waals surface area contributed by atoms with Gasteiger partial charge in [-0.3, -0.25) is 4.79 Å². The predicted octanol–water partition coefficient (Wildman–Crippen LogP) is 2.83. The van der Waals surface area contributed by atoms with Gasteiger partial charge in [-0.25, -0.2) is 0 Å². The molecule has 1 heterocycles. The Morgan fingerprint density at radius 1 is 1.43 bits per heavy atom. The van der Waals surface area contributed by atoms with E-state index in [9.17, 15) is 4.79 Å². The first-order valence-electron chi connectivity index (χ1n) is 7.91. The fraction of sp³-hybridized carbons (Fsp3) is 0.588. The van der Waals surface area contributed by atoms with Gasteiger partial charge in [-0.1, -0.05) is 12.1 Å². The van der Waals surface area contributed by atoms with Crippen LogP contribution in [0.2, 0.25) is 0 Å². The Balaban J connectivity index is 1.89. The first kappa shape index (κ1) is 16.0. The summed E-state index contributed by atoms with van der Waals surface area (Å²) in [5, 5.41) is 10.0. The summed E-state index contributed by atoms with van der Waals surface area (Å²) in [6.07, 6.45) is 3.75. The van der Waals surface area contributed by atoms with E-state index in [1.54, 1.807) is 0 Å². The van der Waals surface area contributed by atoms with Crippen LogP contribution in [0.15, 0.2) is 24.3 Å². The summed E-state index contributed by atoms with van der Waals surface area (Å²) in [7, 11) is 0. The van der Waals surface area contributed by atoms with Crippen LogP contribution in [-0.4, -0.2) is 24.5 Å². The Labute approximate surface area is 127 Å². The van der Waals surface area contributed by atoms with E-state index in [1.165, 1.54) is 25.3 Å². The SMILES string of the molecule is CC(=O)Nc1cccc(C(C)NC(C)CC2CCCN2)c1. The summed E-state index contributed by atoms with van der Waals surface area (Å²) in [5.74, 6) is -0.0339. The Hall–Kier alpha value is -1.39. The van der Waals surface area contributed by atoms with E-state index < -0.39 is 0 Å². The van der Waals surface area contributed by atoms with E-state index in [0.29, 0.717) is 12.1 Å². The molecule has 1 aliphatic rings. The van der Waals surface area contributed by atoms with Crippen LogP contribution in [0.25, 0.3) is 0 Å². The van der Waals surface area contributed by atoms with Crippen LogP contribution in [0.3, 0.4) is 0 Å². The van der Waals surface area contributed by atoms with Crippen LogP contribution < -0.4 is 16.0 Å². The maximum atomic E-state index is 11.1. The van der Waals surface area contributed by atoms with Crippen molar-refractivity contribution in [2.75, 3.05) is 11.9 Å². The Morgan fingerprint density at radius 2 is 2.24 bits per heavy atom. The highest BCUT2D eigenvalue weighted by atomic mass is 16.1. The molecule has 116 valence electrons. The fourth-order valence-corrected chi connectivity index (χ4v) is 3.06. The largest absolute Gasteiger partial charge is 0.326 e. The molecular weight excluding hydrogens is 262 g/mol. The molecule has 1 aromatic carbocycles. The number of anilines is 1. The highest BCUT2D eigenvalue weighted by molar-refractivity contribution is 5.88. The average Bonchev–Trinajstić information content (AvgIpc) is 2.90. The van der Waals surface area contributed by atoms with E-state index in [2.05, 4.69) is 35.9 Å². The molecular formula is C17H27N3O. The molecule has 3 unspecified atom stereocenters. The zero-order valence-electron chi connectivity index (χ0n) is 13.3. The molecule has 0 aromatic heterocycles. The molecule has 3 N–H and O–H groups in total. The molecule has 0 radical (unpaired) electrons. The van der Waals surface area contributed by atoms with E-state index in [1.807, 2.05) is 18.2 Å². The second kappa shape index (κ2) is 7.57. The summed E-state index contributed by atoms with van der Waals surface area (Å²) in [6.45, 7) is 7.11. The first-order valence-corrected chi connectivity index (χ1v) is 7.91. The minimum absolute atomic E-state index is 0.0339. The Bertz CT molecular complexity index is 469. The summed E-state index contributed by atoms with van der Waals surface area (Å²) < 4.78 is 0. The predicted molar refractivity (Wildman–Crippen MR) is 87.4 cm³/mol. The molecule has 4 nitrogen and oxygen atoms in total. The van der Waals surface area contributed by atoms with Crippen LogP contribution in [-0.2, 0) is 4.79 Å². The van der Waals surface area contributed by atoms with Crippen LogP contribution >= 0.6 is 0 Å². The molecule has 1 aliphatic heterocycles. The summed E-state index contributed by atoms with van der Waals surface area (Å²) in [5.41, 5.74) is 2.06. The van der Waals surface area contributed by atoms with E-state index >= 15 is 0 Å². The molecule has 1 aromatic rings. The van der Waals surface area contributed by atoms with Crippen LogP contribution in [0.5, 0.6) is 0 Å². The smallest absolute Gasteiger partial charge is 0.221 e. The van der Waals surface area contributed by atoms with Gasteiger partial charge in [0.15, 0.2) is 0 Å². The van der Waals surface area contributed by atoms with Crippen molar-refractivity contribution in [2.24, 2.45) is 0 Å². The third-order valence-electron chi connectivity index (χ3n) is 4.04. The van der Waals surface area contributed by atoms with Gasteiger partial charge in [0, 0.05) is 30.7 Å². The molecule has 0 spiro atoms. The molecule has 1 fully saturated rings. The van der Waals surface area contributed by atoms with Crippen molar-refractivity contribution in [3.8, 4) is 0 Å². The van der Waals surface area contributed by atoms with Crippen molar-refractivity contribution in [1.29, 1.82) is 0 Å². The standard InChI is InChI=1S/C17H27N3O/c1-12(10-16-8-5-9-18-16)19-13(2)15-6-4-7-17(11-15)20-14(3)21/h4,6-7,11-13,16,18-19H,5,8-10H2,1-3H3,(H,20,21). The first-order chi connectivity index (χ1) is 10.0. The van der Waals surface area contributed by atoms with Gasteiger partial charge >= 0.3 is 0 Å². The summed E-state index contributed by atoms with van der Waals surface area (Å²) in [6, 6.07) is 9.45. The van der Waals surface area contributed by atoms with E-state index in [-0.39, 0.29) is 11.9 Å². The highest BCUT2D eigenvalue weighted by Crippen LogP contribution is 2.19. The molecule has 0 aliphatic carbocycles. The minimum Gasteiger partial charge on any atom is -0.326 e. The lowest BCUT2D eigenvalue weighted by atomic mass is 10.0. The van der Waals surface area contributed by atoms with Gasteiger partial charge in [0.1, 0.15) is 0 Å². The van der Waals surface area contributed by atoms with Gasteiger partial charge < -0.3 is 16.0 Å².